The van der Waals surface area contributed by atoms with Crippen molar-refractivity contribution in [3.05, 3.63) is 128 Å². The van der Waals surface area contributed by atoms with Crippen LogP contribution in [-0.4, -0.2) is 82.2 Å². The van der Waals surface area contributed by atoms with E-state index in [1.807, 2.05) is 38.1 Å². The molecule has 4 heterocycles. The number of hydrogen-bond acceptors (Lipinski definition) is 6. The molecule has 14 heteroatoms. The summed E-state index contributed by atoms with van der Waals surface area (Å²) in [5, 5.41) is 6.11. The van der Waals surface area contributed by atoms with Crippen molar-refractivity contribution in [2.45, 2.75) is 77.3 Å². The monoisotopic (exact) mass is 812 g/mol. The van der Waals surface area contributed by atoms with Crippen LogP contribution in [0.1, 0.15) is 81.5 Å². The Morgan fingerprint density at radius 1 is 0.714 bits per heavy atom. The normalized spacial score (nSPS) is 16.2. The van der Waals surface area contributed by atoms with E-state index in [1.54, 1.807) is 16.0 Å². The van der Waals surface area contributed by atoms with Gasteiger partial charge in [-0.25, -0.2) is 17.6 Å². The topological polar surface area (TPSA) is 90.5 Å². The van der Waals surface area contributed by atoms with Crippen LogP contribution in [0.15, 0.2) is 66.9 Å². The van der Waals surface area contributed by atoms with Crippen molar-refractivity contribution in [1.29, 1.82) is 0 Å². The highest BCUT2D eigenvalue weighted by molar-refractivity contribution is 6.31. The molecule has 2 aliphatic heterocycles. The number of hydrogen-bond donors (Lipinski definition) is 2. The molecule has 0 radical (unpaired) electrons. The van der Waals surface area contributed by atoms with Crippen LogP contribution in [0, 0.1) is 25.5 Å². The van der Waals surface area contributed by atoms with E-state index in [0.717, 1.165) is 34.6 Å². The molecule has 2 amide bonds. The molecule has 2 saturated heterocycles. The van der Waals surface area contributed by atoms with Gasteiger partial charge in [0.25, 0.3) is 11.8 Å². The number of amides is 2. The number of rotatable bonds is 11. The van der Waals surface area contributed by atoms with E-state index in [-0.39, 0.29) is 60.6 Å². The van der Waals surface area contributed by atoms with E-state index < -0.39 is 23.0 Å². The van der Waals surface area contributed by atoms with Crippen molar-refractivity contribution < 1.29 is 27.2 Å². The zero-order valence-corrected chi connectivity index (χ0v) is 33.4. The van der Waals surface area contributed by atoms with Crippen LogP contribution in [0.25, 0.3) is 0 Å². The summed E-state index contributed by atoms with van der Waals surface area (Å²) in [5.74, 6) is -1.64. The van der Waals surface area contributed by atoms with Crippen LogP contribution in [0.5, 0.6) is 0 Å². The quantitative estimate of drug-likeness (QED) is 0.148. The maximum Gasteiger partial charge on any atom is 0.253 e. The van der Waals surface area contributed by atoms with Gasteiger partial charge in [-0.3, -0.25) is 19.6 Å². The number of carbonyl (C=O) groups excluding carboxylic acids is 2. The Labute approximate surface area is 336 Å². The molecule has 0 bridgehead atoms. The predicted molar refractivity (Wildman–Crippen MR) is 212 cm³/mol. The number of nitrogens with one attached hydrogen (secondary N) is 2. The summed E-state index contributed by atoms with van der Waals surface area (Å²) >= 11 is 11.5. The van der Waals surface area contributed by atoms with Gasteiger partial charge < -0.3 is 20.4 Å². The van der Waals surface area contributed by atoms with Gasteiger partial charge in [0.05, 0.1) is 21.4 Å². The van der Waals surface area contributed by atoms with Crippen molar-refractivity contribution >= 4 is 35.0 Å². The second kappa shape index (κ2) is 19.4. The Morgan fingerprint density at radius 2 is 1.18 bits per heavy atom. The number of nitrogens with zero attached hydrogens (tertiary/aromatic N) is 4. The summed E-state index contributed by atoms with van der Waals surface area (Å²) in [6, 6.07) is 15.7. The molecule has 0 spiro atoms. The molecule has 6 rings (SSSR count). The molecule has 8 nitrogen and oxygen atoms in total. The number of carbonyl (C=O) groups is 2. The lowest BCUT2D eigenvalue weighted by Gasteiger charge is -2.36. The molecular formula is C42H48Cl2F4N6O2. The summed E-state index contributed by atoms with van der Waals surface area (Å²) in [6.45, 7) is 8.77. The van der Waals surface area contributed by atoms with E-state index in [0.29, 0.717) is 50.4 Å². The van der Waals surface area contributed by atoms with Gasteiger partial charge in [-0.15, -0.1) is 0 Å². The molecule has 2 fully saturated rings. The van der Waals surface area contributed by atoms with Crippen molar-refractivity contribution in [3.63, 3.8) is 0 Å². The minimum atomic E-state index is -1.37. The fourth-order valence-electron chi connectivity index (χ4n) is 6.70. The molecule has 56 heavy (non-hydrogen) atoms. The van der Waals surface area contributed by atoms with Crippen molar-refractivity contribution in [2.24, 2.45) is 0 Å². The van der Waals surface area contributed by atoms with Crippen LogP contribution in [-0.2, 0) is 19.5 Å². The van der Waals surface area contributed by atoms with Gasteiger partial charge >= 0.3 is 0 Å². The molecule has 2 aliphatic rings. The van der Waals surface area contributed by atoms with Gasteiger partial charge in [-0.05, 0) is 79.9 Å². The van der Waals surface area contributed by atoms with E-state index in [9.17, 15) is 18.4 Å². The largest absolute Gasteiger partial charge is 0.338 e. The van der Waals surface area contributed by atoms with Crippen LogP contribution in [0.2, 0.25) is 10.0 Å². The molecule has 2 N–H and O–H groups in total. The smallest absolute Gasteiger partial charge is 0.253 e. The lowest BCUT2D eigenvalue weighted by Crippen LogP contribution is -2.48. The van der Waals surface area contributed by atoms with Crippen molar-refractivity contribution in [3.8, 4) is 0 Å². The number of likely N-dealkylation sites (tertiary alicyclic amines) is 2. The van der Waals surface area contributed by atoms with Crippen molar-refractivity contribution in [2.75, 3.05) is 39.3 Å². The molecule has 300 valence electrons. The van der Waals surface area contributed by atoms with Gasteiger partial charge in [-0.1, -0.05) is 42.3 Å². The third-order valence-corrected chi connectivity index (χ3v) is 10.9. The van der Waals surface area contributed by atoms with Gasteiger partial charge in [0.1, 0.15) is 23.0 Å². The SMILES string of the molecule is CCc1nc(CNCC2(F)CCN(C(=O)c3ccc([18F])c(Cl)c3)CC2)ccc1C.Cc1ccc(CNCC2(F)CCN(C(=O)c3ccc([18F])c(Cl)c3)CC2)nc1. The molecule has 2 aromatic carbocycles. The number of piperidine rings is 2. The summed E-state index contributed by atoms with van der Waals surface area (Å²) in [7, 11) is 0. The van der Waals surface area contributed by atoms with E-state index in [1.165, 1.54) is 36.4 Å². The summed E-state index contributed by atoms with van der Waals surface area (Å²) in [6.07, 6.45) is 3.66. The Balaban J connectivity index is 0.000000215. The minimum absolute atomic E-state index is 0.0900. The van der Waals surface area contributed by atoms with E-state index in [4.69, 9.17) is 23.2 Å². The molecule has 0 atom stereocenters. The van der Waals surface area contributed by atoms with Crippen LogP contribution >= 0.6 is 23.2 Å². The fourth-order valence-corrected chi connectivity index (χ4v) is 7.06. The van der Waals surface area contributed by atoms with Gasteiger partial charge in [-0.2, -0.15) is 0 Å². The lowest BCUT2D eigenvalue weighted by molar-refractivity contribution is 0.0425. The van der Waals surface area contributed by atoms with Gasteiger partial charge in [0.15, 0.2) is 0 Å². The first-order valence-electron chi connectivity index (χ1n) is 18.8. The molecule has 0 saturated carbocycles. The standard InChI is InChI=1S/C22H26ClF2N3O.C20H22ClF2N3O/c1-3-20-15(2)4-6-17(27-20)13-26-14-22(25)8-10-28(11-9-22)21(29)16-5-7-19(24)18(23)12-16;1-14-2-4-16(25-11-14)12-24-13-20(23)6-8-26(9-7-20)19(27)15-3-5-18(22)17(21)10-15/h4-7,12,26H,3,8-11,13-14H2,1-2H3;2-5,10-11,24H,6-9,12-13H2,1H3/i24-1;22-1. The van der Waals surface area contributed by atoms with Crippen LogP contribution < -0.4 is 10.6 Å². The van der Waals surface area contributed by atoms with Crippen molar-refractivity contribution in [1.82, 2.24) is 30.4 Å². The maximum atomic E-state index is 15.1. The van der Waals surface area contributed by atoms with E-state index in [2.05, 4.69) is 27.5 Å². The van der Waals surface area contributed by atoms with Crippen LogP contribution in [0.3, 0.4) is 0 Å². The highest BCUT2D eigenvalue weighted by Crippen LogP contribution is 2.29. The second-order valence-corrected chi connectivity index (χ2v) is 15.4. The Morgan fingerprint density at radius 3 is 1.61 bits per heavy atom. The number of aromatic nitrogens is 2. The number of halogens is 6. The Hall–Kier alpha value is -4.10. The second-order valence-electron chi connectivity index (χ2n) is 14.6. The third-order valence-electron chi connectivity index (χ3n) is 10.3. The van der Waals surface area contributed by atoms with Crippen LogP contribution in [0.4, 0.5) is 17.6 Å². The first kappa shape index (κ1) is 43.0. The first-order chi connectivity index (χ1) is 26.7. The molecule has 4 aromatic rings. The molecule has 2 aromatic heterocycles. The highest BCUT2D eigenvalue weighted by Gasteiger charge is 2.37. The maximum absolute atomic E-state index is 15.1. The average molecular weight is 814 g/mol. The third kappa shape index (κ3) is 11.7. The fraction of sp³-hybridized carbons (Fsp3) is 0.429. The highest BCUT2D eigenvalue weighted by atomic mass is 35.5. The average Bonchev–Trinajstić information content (AvgIpc) is 3.18. The summed E-state index contributed by atoms with van der Waals surface area (Å²) in [4.78, 5) is 37.1. The molecule has 0 unspecified atom stereocenters. The predicted octanol–water partition coefficient (Wildman–Crippen LogP) is 8.40. The number of benzene rings is 2. The minimum Gasteiger partial charge on any atom is -0.338 e. The molecule has 0 aliphatic carbocycles. The zero-order valence-electron chi connectivity index (χ0n) is 31.9. The first-order valence-corrected chi connectivity index (χ1v) is 19.6. The number of pyridine rings is 2. The molecular weight excluding hydrogens is 765 g/mol. The summed E-state index contributed by atoms with van der Waals surface area (Å²) in [5.41, 5.74) is 2.98. The van der Waals surface area contributed by atoms with Gasteiger partial charge in [0, 0.05) is 101 Å². The Bertz CT molecular complexity index is 1970. The zero-order chi connectivity index (χ0) is 40.5. The summed E-state index contributed by atoms with van der Waals surface area (Å²) < 4.78 is 56.7. The number of alkyl halides is 2. The Kier molecular flexibility index (Phi) is 14.9. The van der Waals surface area contributed by atoms with Gasteiger partial charge in [0.2, 0.25) is 0 Å². The van der Waals surface area contributed by atoms with E-state index >= 15 is 8.78 Å². The number of aryl methyl sites for hydroxylation is 3. The lowest BCUT2D eigenvalue weighted by atomic mass is 9.92.